The van der Waals surface area contributed by atoms with Gasteiger partial charge in [-0.05, 0) is 33.3 Å². The Balaban J connectivity index is 1.80. The van der Waals surface area contributed by atoms with E-state index in [2.05, 4.69) is 31.0 Å². The molecule has 1 aliphatic heterocycles. The highest BCUT2D eigenvalue weighted by molar-refractivity contribution is 6.31. The van der Waals surface area contributed by atoms with E-state index in [1.807, 2.05) is 6.92 Å². The molecule has 10 nitrogen and oxygen atoms in total. The molecule has 0 radical (unpaired) electrons. The van der Waals surface area contributed by atoms with Crippen molar-refractivity contribution in [2.24, 2.45) is 0 Å². The molecule has 3 aromatic rings. The minimum atomic E-state index is -0.690. The van der Waals surface area contributed by atoms with Crippen LogP contribution in [0.1, 0.15) is 49.0 Å². The molecule has 4 rings (SSSR count). The molecule has 0 aliphatic carbocycles. The van der Waals surface area contributed by atoms with Gasteiger partial charge in [0.05, 0.1) is 23.6 Å². The van der Waals surface area contributed by atoms with Gasteiger partial charge < -0.3 is 25.6 Å². The van der Waals surface area contributed by atoms with Crippen LogP contribution >= 0.6 is 11.6 Å². The molecule has 174 valence electrons. The predicted molar refractivity (Wildman–Crippen MR) is 119 cm³/mol. The molecule has 0 bridgehead atoms. The smallest absolute Gasteiger partial charge is 0.227 e. The number of hydrogen-bond acceptors (Lipinski definition) is 9. The molecule has 1 aliphatic rings. The number of anilines is 2. The zero-order valence-electron chi connectivity index (χ0n) is 18.3. The quantitative estimate of drug-likeness (QED) is 0.468. The summed E-state index contributed by atoms with van der Waals surface area (Å²) in [6.45, 7) is 6.07. The van der Waals surface area contributed by atoms with Gasteiger partial charge in [-0.25, -0.2) is 14.4 Å². The molecule has 3 heterocycles. The molecule has 33 heavy (non-hydrogen) atoms. The van der Waals surface area contributed by atoms with Crippen LogP contribution in [-0.4, -0.2) is 39.4 Å². The first-order chi connectivity index (χ1) is 15.8. The number of halogens is 2. The molecule has 1 unspecified atom stereocenters. The summed E-state index contributed by atoms with van der Waals surface area (Å²) in [6.07, 6.45) is 1.75. The molecular weight excluding hydrogens is 453 g/mol. The summed E-state index contributed by atoms with van der Waals surface area (Å²) in [4.78, 5) is 20.7. The summed E-state index contributed by atoms with van der Waals surface area (Å²) in [5.41, 5.74) is 7.72. The van der Waals surface area contributed by atoms with Gasteiger partial charge in [-0.15, -0.1) is 5.10 Å². The Kier molecular flexibility index (Phi) is 6.32. The average Bonchev–Trinajstić information content (AvgIpc) is 3.39. The SMILES string of the molecule is CCOc1c([C@@H](C)Nc2ncnc(N)c2-c2onnc2C)cc(Cl)c(F)c1C1CCNC1=O. The summed E-state index contributed by atoms with van der Waals surface area (Å²) >= 11 is 6.26. The van der Waals surface area contributed by atoms with Crippen LogP contribution in [0.2, 0.25) is 5.02 Å². The van der Waals surface area contributed by atoms with Gasteiger partial charge >= 0.3 is 0 Å². The molecule has 12 heteroatoms. The molecule has 0 spiro atoms. The maximum Gasteiger partial charge on any atom is 0.227 e. The van der Waals surface area contributed by atoms with Crippen LogP contribution in [0.4, 0.5) is 16.0 Å². The topological polar surface area (TPSA) is 141 Å². The van der Waals surface area contributed by atoms with Crippen LogP contribution in [0.3, 0.4) is 0 Å². The third-order valence-corrected chi connectivity index (χ3v) is 5.77. The van der Waals surface area contributed by atoms with Gasteiger partial charge in [0.1, 0.15) is 40.8 Å². The van der Waals surface area contributed by atoms with Crippen LogP contribution in [-0.2, 0) is 4.79 Å². The molecule has 2 atom stereocenters. The van der Waals surface area contributed by atoms with Gasteiger partial charge in [0, 0.05) is 22.9 Å². The van der Waals surface area contributed by atoms with Crippen molar-refractivity contribution >= 4 is 29.1 Å². The monoisotopic (exact) mass is 475 g/mol. The van der Waals surface area contributed by atoms with E-state index in [-0.39, 0.29) is 34.7 Å². The molecule has 0 saturated carbocycles. The number of hydrogen-bond donors (Lipinski definition) is 3. The fourth-order valence-corrected chi connectivity index (χ4v) is 4.15. The predicted octanol–water partition coefficient (Wildman–Crippen LogP) is 3.39. The second-order valence-electron chi connectivity index (χ2n) is 7.61. The zero-order chi connectivity index (χ0) is 23.7. The van der Waals surface area contributed by atoms with E-state index in [9.17, 15) is 4.79 Å². The average molecular weight is 476 g/mol. The fourth-order valence-electron chi connectivity index (χ4n) is 3.93. The van der Waals surface area contributed by atoms with Crippen molar-refractivity contribution in [1.29, 1.82) is 0 Å². The number of aromatic nitrogens is 4. The molecule has 1 fully saturated rings. The van der Waals surface area contributed by atoms with E-state index in [4.69, 9.17) is 26.6 Å². The number of carbonyl (C=O) groups is 1. The van der Waals surface area contributed by atoms with Crippen molar-refractivity contribution in [3.05, 3.63) is 40.1 Å². The summed E-state index contributed by atoms with van der Waals surface area (Å²) in [5, 5.41) is 13.3. The lowest BCUT2D eigenvalue weighted by atomic mass is 9.92. The van der Waals surface area contributed by atoms with Crippen molar-refractivity contribution in [2.45, 2.75) is 39.2 Å². The second kappa shape index (κ2) is 9.18. The highest BCUT2D eigenvalue weighted by Gasteiger charge is 2.34. The normalized spacial score (nSPS) is 16.5. The number of rotatable bonds is 7. The lowest BCUT2D eigenvalue weighted by Gasteiger charge is -2.24. The van der Waals surface area contributed by atoms with Crippen LogP contribution in [0, 0.1) is 12.7 Å². The van der Waals surface area contributed by atoms with Crippen molar-refractivity contribution in [3.63, 3.8) is 0 Å². The van der Waals surface area contributed by atoms with Gasteiger partial charge in [0.2, 0.25) is 5.91 Å². The standard InChI is InChI=1S/C21H23ClFN7O3/c1-4-32-18-12(7-13(22)16(23)14(18)11-5-6-25-21(11)31)9(2)28-20-15(19(24)26-8-27-20)17-10(3)29-30-33-17/h7-9,11H,4-6H2,1-3H3,(H,25,31)(H3,24,26,27,28)/t9-,11?/m1/s1. The van der Waals surface area contributed by atoms with Gasteiger partial charge in [0.15, 0.2) is 5.76 Å². The Morgan fingerprint density at radius 3 is 2.88 bits per heavy atom. The highest BCUT2D eigenvalue weighted by atomic mass is 35.5. The first-order valence-corrected chi connectivity index (χ1v) is 10.8. The lowest BCUT2D eigenvalue weighted by molar-refractivity contribution is -0.120. The van der Waals surface area contributed by atoms with Gasteiger partial charge in [0.25, 0.3) is 0 Å². The van der Waals surface area contributed by atoms with Gasteiger partial charge in [-0.3, -0.25) is 4.79 Å². The van der Waals surface area contributed by atoms with Crippen molar-refractivity contribution < 1.29 is 18.4 Å². The molecule has 1 aromatic carbocycles. The number of nitrogen functional groups attached to an aromatic ring is 1. The summed E-state index contributed by atoms with van der Waals surface area (Å²) in [7, 11) is 0. The molecule has 1 saturated heterocycles. The van der Waals surface area contributed by atoms with Crippen LogP contribution in [0.25, 0.3) is 11.3 Å². The number of carbonyl (C=O) groups excluding carboxylic acids is 1. The van der Waals surface area contributed by atoms with E-state index < -0.39 is 17.8 Å². The van der Waals surface area contributed by atoms with E-state index >= 15 is 4.39 Å². The first kappa shape index (κ1) is 22.7. The molecule has 2 aromatic heterocycles. The Bertz CT molecular complexity index is 1200. The third-order valence-electron chi connectivity index (χ3n) is 5.50. The third kappa shape index (κ3) is 4.15. The number of nitrogens with zero attached hydrogens (tertiary/aromatic N) is 4. The van der Waals surface area contributed by atoms with Crippen molar-refractivity contribution in [1.82, 2.24) is 25.7 Å². The van der Waals surface area contributed by atoms with Crippen molar-refractivity contribution in [3.8, 4) is 17.1 Å². The number of nitrogens with two attached hydrogens (primary N) is 1. The fraction of sp³-hybridized carbons (Fsp3) is 0.381. The molecule has 1 amide bonds. The maximum absolute atomic E-state index is 15.2. The maximum atomic E-state index is 15.2. The number of aryl methyl sites for hydroxylation is 1. The number of benzene rings is 1. The number of nitrogens with one attached hydrogen (secondary N) is 2. The Labute approximate surface area is 194 Å². The van der Waals surface area contributed by atoms with E-state index in [0.29, 0.717) is 41.4 Å². The number of ether oxygens (including phenoxy) is 1. The summed E-state index contributed by atoms with van der Waals surface area (Å²) < 4.78 is 26.3. The van der Waals surface area contributed by atoms with Crippen LogP contribution < -0.4 is 21.1 Å². The molecule has 4 N–H and O–H groups in total. The Hall–Kier alpha value is -3.47. The van der Waals surface area contributed by atoms with E-state index in [1.165, 1.54) is 12.4 Å². The summed E-state index contributed by atoms with van der Waals surface area (Å²) in [6, 6.07) is 1.01. The summed E-state index contributed by atoms with van der Waals surface area (Å²) in [5.74, 6) is -0.469. The van der Waals surface area contributed by atoms with Crippen LogP contribution in [0.15, 0.2) is 16.9 Å². The minimum Gasteiger partial charge on any atom is -0.493 e. The Morgan fingerprint density at radius 1 is 1.45 bits per heavy atom. The van der Waals surface area contributed by atoms with E-state index in [0.717, 1.165) is 0 Å². The van der Waals surface area contributed by atoms with E-state index in [1.54, 1.807) is 13.8 Å². The van der Waals surface area contributed by atoms with Gasteiger partial charge in [-0.1, -0.05) is 11.6 Å². The largest absolute Gasteiger partial charge is 0.493 e. The zero-order valence-corrected chi connectivity index (χ0v) is 19.0. The second-order valence-corrected chi connectivity index (χ2v) is 8.01. The van der Waals surface area contributed by atoms with Crippen molar-refractivity contribution in [2.75, 3.05) is 24.2 Å². The minimum absolute atomic E-state index is 0.102. The highest BCUT2D eigenvalue weighted by Crippen LogP contribution is 2.43. The first-order valence-electron chi connectivity index (χ1n) is 10.4. The van der Waals surface area contributed by atoms with Crippen LogP contribution in [0.5, 0.6) is 5.75 Å². The lowest BCUT2D eigenvalue weighted by Crippen LogP contribution is -2.20. The Morgan fingerprint density at radius 2 is 2.24 bits per heavy atom. The number of amides is 1. The van der Waals surface area contributed by atoms with Gasteiger partial charge in [-0.2, -0.15) is 0 Å². The molecular formula is C21H23ClFN7O3.